The second-order valence-corrected chi connectivity index (χ2v) is 6.76. The number of carbonyl (C=O) groups excluding carboxylic acids is 2. The normalized spacial score (nSPS) is 23.8. The van der Waals surface area contributed by atoms with Crippen LogP contribution in [0.5, 0.6) is 0 Å². The van der Waals surface area contributed by atoms with Crippen molar-refractivity contribution in [2.75, 3.05) is 11.4 Å². The number of ether oxygens (including phenoxy) is 1. The Morgan fingerprint density at radius 1 is 1.29 bits per heavy atom. The Balaban J connectivity index is 1.91. The van der Waals surface area contributed by atoms with Crippen LogP contribution in [0.1, 0.15) is 48.2 Å². The molecule has 1 saturated heterocycles. The molecular formula is C17H21NO3. The topological polar surface area (TPSA) is 46.6 Å². The molecule has 0 radical (unpaired) electrons. The number of anilines is 1. The number of nitrogens with zero attached hydrogens (tertiary/aromatic N) is 1. The predicted molar refractivity (Wildman–Crippen MR) is 80.8 cm³/mol. The van der Waals surface area contributed by atoms with Crippen LogP contribution in [0, 0.1) is 13.8 Å². The molecule has 3 rings (SSSR count). The van der Waals surface area contributed by atoms with Gasteiger partial charge in [-0.15, -0.1) is 0 Å². The van der Waals surface area contributed by atoms with Gasteiger partial charge in [-0.3, -0.25) is 9.59 Å². The zero-order chi connectivity index (χ0) is 15.4. The van der Waals surface area contributed by atoms with Gasteiger partial charge in [-0.25, -0.2) is 0 Å². The lowest BCUT2D eigenvalue weighted by molar-refractivity contribution is -0.114. The van der Waals surface area contributed by atoms with Crippen LogP contribution in [0.25, 0.3) is 0 Å². The van der Waals surface area contributed by atoms with Crippen LogP contribution in [0.2, 0.25) is 0 Å². The van der Waals surface area contributed by atoms with E-state index in [-0.39, 0.29) is 11.7 Å². The number of carbonyl (C=O) groups is 2. The van der Waals surface area contributed by atoms with Crippen molar-refractivity contribution in [3.63, 3.8) is 0 Å². The smallest absolute Gasteiger partial charge is 0.299 e. The van der Waals surface area contributed by atoms with E-state index in [9.17, 15) is 9.59 Å². The maximum atomic E-state index is 12.3. The van der Waals surface area contributed by atoms with Crippen molar-refractivity contribution in [3.8, 4) is 0 Å². The summed E-state index contributed by atoms with van der Waals surface area (Å²) < 4.78 is 5.97. The summed E-state index contributed by atoms with van der Waals surface area (Å²) in [6, 6.07) is 3.82. The van der Waals surface area contributed by atoms with Crippen LogP contribution >= 0.6 is 0 Å². The zero-order valence-electron chi connectivity index (χ0n) is 13.0. The van der Waals surface area contributed by atoms with Crippen molar-refractivity contribution in [2.24, 2.45) is 0 Å². The summed E-state index contributed by atoms with van der Waals surface area (Å²) >= 11 is 0. The zero-order valence-corrected chi connectivity index (χ0v) is 13.0. The highest BCUT2D eigenvalue weighted by Crippen LogP contribution is 2.36. The second kappa shape index (κ2) is 4.67. The van der Waals surface area contributed by atoms with E-state index in [1.807, 2.05) is 26.0 Å². The molecular weight excluding hydrogens is 266 g/mol. The quantitative estimate of drug-likeness (QED) is 0.786. The molecule has 0 spiro atoms. The Bertz CT molecular complexity index is 633. The Morgan fingerprint density at radius 2 is 2.00 bits per heavy atom. The van der Waals surface area contributed by atoms with Crippen LogP contribution in [0.4, 0.5) is 5.69 Å². The van der Waals surface area contributed by atoms with Crippen LogP contribution < -0.4 is 4.90 Å². The average Bonchev–Trinajstić information content (AvgIpc) is 2.83. The van der Waals surface area contributed by atoms with Crippen LogP contribution in [0.3, 0.4) is 0 Å². The summed E-state index contributed by atoms with van der Waals surface area (Å²) in [5.41, 5.74) is 3.15. The molecule has 2 aliphatic heterocycles. The SMILES string of the molecule is Cc1cc(C)c2c(c1)C(=O)C(=O)N2CC1CCC(C)(C)O1. The van der Waals surface area contributed by atoms with E-state index in [4.69, 9.17) is 4.74 Å². The average molecular weight is 287 g/mol. The van der Waals surface area contributed by atoms with Crippen molar-refractivity contribution in [3.05, 3.63) is 28.8 Å². The van der Waals surface area contributed by atoms with E-state index < -0.39 is 11.7 Å². The van der Waals surface area contributed by atoms with Crippen LogP contribution in [-0.4, -0.2) is 29.9 Å². The predicted octanol–water partition coefficient (Wildman–Crippen LogP) is 2.79. The number of amides is 1. The minimum Gasteiger partial charge on any atom is -0.370 e. The summed E-state index contributed by atoms with van der Waals surface area (Å²) in [7, 11) is 0. The Morgan fingerprint density at radius 3 is 2.62 bits per heavy atom. The third-order valence-electron chi connectivity index (χ3n) is 4.34. The lowest BCUT2D eigenvalue weighted by Crippen LogP contribution is -2.37. The lowest BCUT2D eigenvalue weighted by Gasteiger charge is -2.24. The van der Waals surface area contributed by atoms with Gasteiger partial charge in [-0.05, 0) is 57.7 Å². The number of ketones is 1. The first-order valence-electron chi connectivity index (χ1n) is 7.44. The summed E-state index contributed by atoms with van der Waals surface area (Å²) in [4.78, 5) is 26.1. The van der Waals surface area contributed by atoms with Gasteiger partial charge >= 0.3 is 0 Å². The minimum atomic E-state index is -0.424. The Labute approximate surface area is 125 Å². The molecule has 21 heavy (non-hydrogen) atoms. The van der Waals surface area contributed by atoms with E-state index in [0.29, 0.717) is 12.1 Å². The number of aryl methyl sites for hydroxylation is 2. The molecule has 4 heteroatoms. The molecule has 0 saturated carbocycles. The maximum absolute atomic E-state index is 12.3. The first-order chi connectivity index (χ1) is 9.78. The summed E-state index contributed by atoms with van der Waals surface area (Å²) in [6.07, 6.45) is 1.90. The molecule has 1 aromatic rings. The van der Waals surface area contributed by atoms with E-state index >= 15 is 0 Å². The molecule has 0 bridgehead atoms. The van der Waals surface area contributed by atoms with Crippen LogP contribution in [-0.2, 0) is 9.53 Å². The van der Waals surface area contributed by atoms with Gasteiger partial charge in [0.15, 0.2) is 0 Å². The highest BCUT2D eigenvalue weighted by atomic mass is 16.5. The van der Waals surface area contributed by atoms with E-state index in [1.165, 1.54) is 0 Å². The molecule has 0 aromatic heterocycles. The summed E-state index contributed by atoms with van der Waals surface area (Å²) in [5.74, 6) is -0.818. The number of fused-ring (bicyclic) bond motifs is 1. The number of hydrogen-bond acceptors (Lipinski definition) is 3. The lowest BCUT2D eigenvalue weighted by atomic mass is 10.0. The molecule has 4 nitrogen and oxygen atoms in total. The van der Waals surface area contributed by atoms with Crippen molar-refractivity contribution in [2.45, 2.75) is 52.2 Å². The van der Waals surface area contributed by atoms with Crippen molar-refractivity contribution >= 4 is 17.4 Å². The van der Waals surface area contributed by atoms with Crippen molar-refractivity contribution in [1.82, 2.24) is 0 Å². The number of rotatable bonds is 2. The summed E-state index contributed by atoms with van der Waals surface area (Å²) in [5, 5.41) is 0. The van der Waals surface area contributed by atoms with Gasteiger partial charge in [-0.1, -0.05) is 6.07 Å². The van der Waals surface area contributed by atoms with Gasteiger partial charge < -0.3 is 9.64 Å². The van der Waals surface area contributed by atoms with E-state index in [1.54, 1.807) is 4.90 Å². The van der Waals surface area contributed by atoms with Gasteiger partial charge in [0.1, 0.15) is 0 Å². The highest BCUT2D eigenvalue weighted by molar-refractivity contribution is 6.52. The summed E-state index contributed by atoms with van der Waals surface area (Å²) in [6.45, 7) is 8.48. The number of hydrogen-bond donors (Lipinski definition) is 0. The fourth-order valence-corrected chi connectivity index (χ4v) is 3.41. The fourth-order valence-electron chi connectivity index (χ4n) is 3.41. The fraction of sp³-hybridized carbons (Fsp3) is 0.529. The minimum absolute atomic E-state index is 0.00315. The number of Topliss-reactive ketones (excluding diaryl/α,β-unsaturated/α-hetero) is 1. The van der Waals surface area contributed by atoms with E-state index in [2.05, 4.69) is 13.8 Å². The molecule has 0 N–H and O–H groups in total. The molecule has 1 amide bonds. The van der Waals surface area contributed by atoms with Crippen LogP contribution in [0.15, 0.2) is 12.1 Å². The molecule has 2 heterocycles. The number of benzene rings is 1. The van der Waals surface area contributed by atoms with Gasteiger partial charge in [0.2, 0.25) is 0 Å². The molecule has 1 aromatic carbocycles. The first kappa shape index (κ1) is 14.3. The highest BCUT2D eigenvalue weighted by Gasteiger charge is 2.40. The molecule has 112 valence electrons. The molecule has 1 atom stereocenters. The van der Waals surface area contributed by atoms with Gasteiger partial charge in [0.05, 0.1) is 29.5 Å². The van der Waals surface area contributed by atoms with Gasteiger partial charge in [0.25, 0.3) is 11.7 Å². The third kappa shape index (κ3) is 2.38. The van der Waals surface area contributed by atoms with E-state index in [0.717, 1.165) is 29.7 Å². The second-order valence-electron chi connectivity index (χ2n) is 6.76. The van der Waals surface area contributed by atoms with Crippen molar-refractivity contribution < 1.29 is 14.3 Å². The standard InChI is InChI=1S/C17H21NO3/c1-10-7-11(2)14-13(8-10)15(19)16(20)18(14)9-12-5-6-17(3,4)21-12/h7-8,12H,5-6,9H2,1-4H3. The van der Waals surface area contributed by atoms with Crippen molar-refractivity contribution in [1.29, 1.82) is 0 Å². The van der Waals surface area contributed by atoms with Gasteiger partial charge in [-0.2, -0.15) is 0 Å². The largest absolute Gasteiger partial charge is 0.370 e. The molecule has 0 aliphatic carbocycles. The maximum Gasteiger partial charge on any atom is 0.299 e. The molecule has 1 unspecified atom stereocenters. The Kier molecular flexibility index (Phi) is 3.17. The molecule has 1 fully saturated rings. The first-order valence-corrected chi connectivity index (χ1v) is 7.44. The Hall–Kier alpha value is -1.68. The molecule has 2 aliphatic rings. The monoisotopic (exact) mass is 287 g/mol. The van der Waals surface area contributed by atoms with Gasteiger partial charge in [0, 0.05) is 0 Å². The third-order valence-corrected chi connectivity index (χ3v) is 4.34.